The van der Waals surface area contributed by atoms with Crippen molar-refractivity contribution in [2.75, 3.05) is 5.75 Å². The third kappa shape index (κ3) is 4.49. The van der Waals surface area contributed by atoms with Crippen LogP contribution in [0.1, 0.15) is 6.42 Å². The SMILES string of the molecule is O=C(O)CCSSc1ccc([N+](=O)[O-])cn1. The molecule has 1 N–H and O–H groups in total. The fraction of sp³-hybridized carbons (Fsp3) is 0.250. The molecule has 0 aliphatic rings. The van der Waals surface area contributed by atoms with Gasteiger partial charge in [0.1, 0.15) is 11.2 Å². The van der Waals surface area contributed by atoms with Gasteiger partial charge in [0, 0.05) is 11.8 Å². The summed E-state index contributed by atoms with van der Waals surface area (Å²) in [4.78, 5) is 23.9. The van der Waals surface area contributed by atoms with Gasteiger partial charge in [0.25, 0.3) is 5.69 Å². The molecule has 8 heteroatoms. The Morgan fingerprint density at radius 1 is 1.56 bits per heavy atom. The van der Waals surface area contributed by atoms with Crippen LogP contribution in [0.25, 0.3) is 0 Å². The minimum atomic E-state index is -0.843. The molecule has 0 spiro atoms. The number of carboxylic acid groups (broad SMARTS) is 1. The van der Waals surface area contributed by atoms with Crippen LogP contribution in [0.15, 0.2) is 23.4 Å². The lowest BCUT2D eigenvalue weighted by Gasteiger charge is -1.98. The van der Waals surface area contributed by atoms with Gasteiger partial charge in [-0.3, -0.25) is 14.9 Å². The summed E-state index contributed by atoms with van der Waals surface area (Å²) in [7, 11) is 2.65. The molecule has 0 atom stereocenters. The second-order valence-corrected chi connectivity index (χ2v) is 5.10. The van der Waals surface area contributed by atoms with Crippen molar-refractivity contribution in [1.82, 2.24) is 4.98 Å². The average molecular weight is 260 g/mol. The maximum absolute atomic E-state index is 10.3. The van der Waals surface area contributed by atoms with Gasteiger partial charge in [-0.25, -0.2) is 4.98 Å². The van der Waals surface area contributed by atoms with Gasteiger partial charge in [0.05, 0.1) is 11.3 Å². The van der Waals surface area contributed by atoms with E-state index in [0.29, 0.717) is 10.8 Å². The summed E-state index contributed by atoms with van der Waals surface area (Å²) in [6, 6.07) is 2.91. The summed E-state index contributed by atoms with van der Waals surface area (Å²) < 4.78 is 0. The van der Waals surface area contributed by atoms with Gasteiger partial charge in [-0.1, -0.05) is 10.8 Å². The molecule has 0 unspecified atom stereocenters. The molecule has 0 saturated carbocycles. The molecular formula is C8H8N2O4S2. The van der Waals surface area contributed by atoms with Gasteiger partial charge < -0.3 is 5.11 Å². The molecule has 0 bridgehead atoms. The third-order valence-electron chi connectivity index (χ3n) is 1.48. The van der Waals surface area contributed by atoms with E-state index in [9.17, 15) is 14.9 Å². The molecule has 0 aromatic carbocycles. The molecule has 0 fully saturated rings. The monoisotopic (exact) mass is 260 g/mol. The Labute approximate surface area is 99.0 Å². The zero-order valence-electron chi connectivity index (χ0n) is 8.03. The molecule has 0 saturated heterocycles. The van der Waals surface area contributed by atoms with Gasteiger partial charge >= 0.3 is 5.97 Å². The van der Waals surface area contributed by atoms with Gasteiger partial charge in [-0.05, 0) is 16.9 Å². The van der Waals surface area contributed by atoms with E-state index < -0.39 is 10.9 Å². The van der Waals surface area contributed by atoms with E-state index in [1.807, 2.05) is 0 Å². The standard InChI is InChI=1S/C8H8N2O4S2/c11-8(12)3-4-15-16-7-2-1-6(5-9-7)10(13)14/h1-2,5H,3-4H2,(H,11,12). The highest BCUT2D eigenvalue weighted by Crippen LogP contribution is 2.30. The first-order chi connectivity index (χ1) is 7.59. The molecule has 1 rings (SSSR count). The van der Waals surface area contributed by atoms with E-state index >= 15 is 0 Å². The normalized spacial score (nSPS) is 10.0. The highest BCUT2D eigenvalue weighted by molar-refractivity contribution is 8.76. The highest BCUT2D eigenvalue weighted by Gasteiger charge is 2.05. The van der Waals surface area contributed by atoms with Crippen LogP contribution in [0, 0.1) is 10.1 Å². The Balaban J connectivity index is 2.38. The van der Waals surface area contributed by atoms with Crippen molar-refractivity contribution in [2.24, 2.45) is 0 Å². The van der Waals surface area contributed by atoms with Crippen LogP contribution in [-0.4, -0.2) is 26.7 Å². The van der Waals surface area contributed by atoms with E-state index in [4.69, 9.17) is 5.11 Å². The summed E-state index contributed by atoms with van der Waals surface area (Å²) in [5.41, 5.74) is -0.0557. The van der Waals surface area contributed by atoms with E-state index in [2.05, 4.69) is 4.98 Å². The average Bonchev–Trinajstić information content (AvgIpc) is 2.25. The van der Waals surface area contributed by atoms with Crippen molar-refractivity contribution in [1.29, 1.82) is 0 Å². The summed E-state index contributed by atoms with van der Waals surface area (Å²) in [5, 5.41) is 19.4. The van der Waals surface area contributed by atoms with Crippen molar-refractivity contribution >= 4 is 33.2 Å². The number of rotatable bonds is 6. The number of hydrogen-bond donors (Lipinski definition) is 1. The van der Waals surface area contributed by atoms with Crippen LogP contribution in [-0.2, 0) is 4.79 Å². The number of aliphatic carboxylic acids is 1. The summed E-state index contributed by atoms with van der Waals surface area (Å²) in [5.74, 6) is -0.372. The zero-order valence-corrected chi connectivity index (χ0v) is 9.66. The number of aromatic nitrogens is 1. The molecule has 1 aromatic rings. The second-order valence-electron chi connectivity index (χ2n) is 2.66. The largest absolute Gasteiger partial charge is 0.481 e. The summed E-state index contributed by atoms with van der Waals surface area (Å²) in [6.45, 7) is 0. The van der Waals surface area contributed by atoms with Crippen LogP contribution in [0.3, 0.4) is 0 Å². The van der Waals surface area contributed by atoms with Gasteiger partial charge in [-0.15, -0.1) is 0 Å². The summed E-state index contributed by atoms with van der Waals surface area (Å²) >= 11 is 0. The lowest BCUT2D eigenvalue weighted by Crippen LogP contribution is -1.94. The maximum Gasteiger partial charge on any atom is 0.304 e. The Kier molecular flexibility index (Phi) is 5.06. The Morgan fingerprint density at radius 2 is 2.31 bits per heavy atom. The number of carboxylic acids is 1. The zero-order chi connectivity index (χ0) is 12.0. The van der Waals surface area contributed by atoms with E-state index in [-0.39, 0.29) is 12.1 Å². The fourth-order valence-electron chi connectivity index (χ4n) is 0.761. The van der Waals surface area contributed by atoms with Gasteiger partial charge in [0.2, 0.25) is 0 Å². The van der Waals surface area contributed by atoms with Gasteiger partial charge in [0.15, 0.2) is 0 Å². The Bertz CT molecular complexity index is 382. The number of carbonyl (C=O) groups is 1. The van der Waals surface area contributed by atoms with Crippen molar-refractivity contribution in [3.63, 3.8) is 0 Å². The highest BCUT2D eigenvalue weighted by atomic mass is 33.1. The first kappa shape index (κ1) is 12.8. The van der Waals surface area contributed by atoms with Crippen molar-refractivity contribution < 1.29 is 14.8 Å². The molecular weight excluding hydrogens is 252 g/mol. The number of pyridine rings is 1. The Morgan fingerprint density at radius 3 is 2.81 bits per heavy atom. The predicted octanol–water partition coefficient (Wildman–Crippen LogP) is 2.20. The number of nitrogens with zero attached hydrogens (tertiary/aromatic N) is 2. The molecule has 0 aliphatic heterocycles. The van der Waals surface area contributed by atoms with Crippen LogP contribution < -0.4 is 0 Å². The van der Waals surface area contributed by atoms with E-state index in [0.717, 1.165) is 0 Å². The number of nitro groups is 1. The third-order valence-corrected chi connectivity index (χ3v) is 3.74. The minimum absolute atomic E-state index is 0.0557. The van der Waals surface area contributed by atoms with Crippen LogP contribution >= 0.6 is 21.6 Å². The first-order valence-corrected chi connectivity index (χ1v) is 6.53. The van der Waals surface area contributed by atoms with Crippen LogP contribution in [0.4, 0.5) is 5.69 Å². The van der Waals surface area contributed by atoms with Crippen molar-refractivity contribution in [2.45, 2.75) is 11.4 Å². The van der Waals surface area contributed by atoms with Gasteiger partial charge in [-0.2, -0.15) is 0 Å². The molecule has 6 nitrogen and oxygen atoms in total. The first-order valence-electron chi connectivity index (χ1n) is 4.21. The second kappa shape index (κ2) is 6.33. The summed E-state index contributed by atoms with van der Waals surface area (Å²) in [6.07, 6.45) is 1.27. The van der Waals surface area contributed by atoms with Crippen molar-refractivity contribution in [3.05, 3.63) is 28.4 Å². The quantitative estimate of drug-likeness (QED) is 0.362. The lowest BCUT2D eigenvalue weighted by molar-refractivity contribution is -0.385. The topological polar surface area (TPSA) is 93.3 Å². The molecule has 16 heavy (non-hydrogen) atoms. The van der Waals surface area contributed by atoms with Crippen LogP contribution in [0.2, 0.25) is 0 Å². The molecule has 1 heterocycles. The Hall–Kier alpha value is -1.28. The van der Waals surface area contributed by atoms with Crippen LogP contribution in [0.5, 0.6) is 0 Å². The van der Waals surface area contributed by atoms with E-state index in [1.54, 1.807) is 0 Å². The number of hydrogen-bond acceptors (Lipinski definition) is 6. The predicted molar refractivity (Wildman–Crippen MR) is 61.5 cm³/mol. The molecule has 86 valence electrons. The maximum atomic E-state index is 10.3. The molecule has 0 aliphatic carbocycles. The minimum Gasteiger partial charge on any atom is -0.481 e. The lowest BCUT2D eigenvalue weighted by atomic mass is 10.4. The molecule has 1 aromatic heterocycles. The molecule has 0 radical (unpaired) electrons. The molecule has 0 amide bonds. The fourth-order valence-corrected chi connectivity index (χ4v) is 2.60. The van der Waals surface area contributed by atoms with Crippen molar-refractivity contribution in [3.8, 4) is 0 Å². The smallest absolute Gasteiger partial charge is 0.304 e. The van der Waals surface area contributed by atoms with E-state index in [1.165, 1.54) is 39.9 Å².